The van der Waals surface area contributed by atoms with Gasteiger partial charge in [-0.25, -0.2) is 9.67 Å². The molecule has 2 N–H and O–H groups in total. The minimum absolute atomic E-state index is 0.0468. The second kappa shape index (κ2) is 7.45. The van der Waals surface area contributed by atoms with E-state index in [-0.39, 0.29) is 6.42 Å². The predicted octanol–water partition coefficient (Wildman–Crippen LogP) is 1.93. The number of halogens is 1. The van der Waals surface area contributed by atoms with Crippen molar-refractivity contribution in [3.63, 3.8) is 0 Å². The van der Waals surface area contributed by atoms with E-state index in [0.29, 0.717) is 41.3 Å². The van der Waals surface area contributed by atoms with Crippen LogP contribution in [0.4, 0.5) is 0 Å². The molecule has 0 saturated heterocycles. The maximum Gasteiger partial charge on any atom is 0.225 e. The topological polar surface area (TPSA) is 109 Å². The number of nitrogens with zero attached hydrogens (tertiary/aromatic N) is 4. The van der Waals surface area contributed by atoms with E-state index in [1.54, 1.807) is 30.0 Å². The molecule has 0 bridgehead atoms. The smallest absolute Gasteiger partial charge is 0.225 e. The van der Waals surface area contributed by atoms with Gasteiger partial charge in [-0.05, 0) is 24.3 Å². The number of methoxy groups -OCH3 is 1. The van der Waals surface area contributed by atoms with Gasteiger partial charge in [-0.15, -0.1) is 0 Å². The van der Waals surface area contributed by atoms with Gasteiger partial charge in [0.05, 0.1) is 19.6 Å². The highest BCUT2D eigenvalue weighted by Gasteiger charge is 2.18. The number of benzene rings is 1. The molecule has 3 rings (SSSR count). The van der Waals surface area contributed by atoms with E-state index in [2.05, 4.69) is 15.2 Å². The number of aromatic nitrogens is 4. The van der Waals surface area contributed by atoms with Crippen molar-refractivity contribution in [3.05, 3.63) is 41.2 Å². The highest BCUT2D eigenvalue weighted by Crippen LogP contribution is 2.26. The molecule has 0 radical (unpaired) electrons. The van der Waals surface area contributed by atoms with Crippen LogP contribution in [0.25, 0.3) is 22.8 Å². The number of amides is 1. The molecule has 0 aliphatic heterocycles. The van der Waals surface area contributed by atoms with Crippen molar-refractivity contribution in [1.82, 2.24) is 19.9 Å². The van der Waals surface area contributed by atoms with Crippen molar-refractivity contribution in [2.24, 2.45) is 5.73 Å². The van der Waals surface area contributed by atoms with E-state index in [1.165, 1.54) is 0 Å². The molecule has 2 heterocycles. The summed E-state index contributed by atoms with van der Waals surface area (Å²) < 4.78 is 12.1. The number of rotatable bonds is 7. The van der Waals surface area contributed by atoms with E-state index in [0.717, 1.165) is 5.56 Å². The molecule has 1 aromatic carbocycles. The predicted molar refractivity (Wildman–Crippen MR) is 90.7 cm³/mol. The first-order valence-corrected chi connectivity index (χ1v) is 7.88. The lowest BCUT2D eigenvalue weighted by Crippen LogP contribution is -2.15. The summed E-state index contributed by atoms with van der Waals surface area (Å²) in [6, 6.07) is 8.96. The van der Waals surface area contributed by atoms with Crippen LogP contribution in [0.5, 0.6) is 0 Å². The quantitative estimate of drug-likeness (QED) is 0.688. The molecular formula is C16H16ClN5O3. The average molecular weight is 362 g/mol. The van der Waals surface area contributed by atoms with E-state index in [9.17, 15) is 4.79 Å². The Bertz CT molecular complexity index is 872. The monoisotopic (exact) mass is 361 g/mol. The van der Waals surface area contributed by atoms with Gasteiger partial charge in [0.25, 0.3) is 0 Å². The molecule has 0 spiro atoms. The van der Waals surface area contributed by atoms with Crippen molar-refractivity contribution in [2.45, 2.75) is 13.0 Å². The second-order valence-electron chi connectivity index (χ2n) is 5.29. The highest BCUT2D eigenvalue weighted by atomic mass is 35.5. The maximum atomic E-state index is 11.1. The molecule has 1 amide bonds. The van der Waals surface area contributed by atoms with E-state index < -0.39 is 5.91 Å². The Labute approximate surface area is 148 Å². The molecule has 9 heteroatoms. The first-order chi connectivity index (χ1) is 12.1. The molecule has 0 aliphatic rings. The molecular weight excluding hydrogens is 346 g/mol. The standard InChI is InChI=1S/C16H16ClN5O3/c1-24-7-6-22-16(19-15(20-22)9-14(18)23)12-8-13(25-21-12)10-2-4-11(17)5-3-10/h2-5,8H,6-7,9H2,1H3,(H2,18,23). The normalized spacial score (nSPS) is 11.0. The summed E-state index contributed by atoms with van der Waals surface area (Å²) in [7, 11) is 1.59. The molecule has 0 fully saturated rings. The Morgan fingerprint density at radius 1 is 1.36 bits per heavy atom. The number of carbonyl (C=O) groups excluding carboxylic acids is 1. The van der Waals surface area contributed by atoms with Crippen LogP contribution in [-0.4, -0.2) is 39.5 Å². The summed E-state index contributed by atoms with van der Waals surface area (Å²) in [5, 5.41) is 8.98. The molecule has 8 nitrogen and oxygen atoms in total. The molecule has 3 aromatic rings. The second-order valence-corrected chi connectivity index (χ2v) is 5.73. The maximum absolute atomic E-state index is 11.1. The van der Waals surface area contributed by atoms with Crippen LogP contribution in [0.3, 0.4) is 0 Å². The van der Waals surface area contributed by atoms with Gasteiger partial charge in [0.2, 0.25) is 5.91 Å². The SMILES string of the molecule is COCCn1nc(CC(N)=O)nc1-c1cc(-c2ccc(Cl)cc2)on1. The van der Waals surface area contributed by atoms with Crippen molar-refractivity contribution >= 4 is 17.5 Å². The fourth-order valence-corrected chi connectivity index (χ4v) is 2.40. The zero-order valence-corrected chi connectivity index (χ0v) is 14.2. The summed E-state index contributed by atoms with van der Waals surface area (Å²) in [6.07, 6.45) is -0.0468. The van der Waals surface area contributed by atoms with Gasteiger partial charge in [-0.2, -0.15) is 5.10 Å². The van der Waals surface area contributed by atoms with E-state index in [4.69, 9.17) is 26.6 Å². The van der Waals surface area contributed by atoms with Crippen LogP contribution < -0.4 is 5.73 Å². The van der Waals surface area contributed by atoms with Gasteiger partial charge in [0.15, 0.2) is 23.1 Å². The summed E-state index contributed by atoms with van der Waals surface area (Å²) >= 11 is 5.90. The number of carbonyl (C=O) groups is 1. The summed E-state index contributed by atoms with van der Waals surface area (Å²) in [5.41, 5.74) is 6.56. The van der Waals surface area contributed by atoms with Gasteiger partial charge >= 0.3 is 0 Å². The van der Waals surface area contributed by atoms with Crippen LogP contribution in [0.15, 0.2) is 34.9 Å². The molecule has 130 valence electrons. The van der Waals surface area contributed by atoms with Gasteiger partial charge < -0.3 is 15.0 Å². The Balaban J connectivity index is 1.93. The zero-order valence-electron chi connectivity index (χ0n) is 13.5. The Morgan fingerprint density at radius 2 is 2.12 bits per heavy atom. The first-order valence-electron chi connectivity index (χ1n) is 7.51. The lowest BCUT2D eigenvalue weighted by atomic mass is 10.1. The van der Waals surface area contributed by atoms with Crippen LogP contribution in [0, 0.1) is 0 Å². The molecule has 0 saturated carbocycles. The van der Waals surface area contributed by atoms with Crippen LogP contribution in [0.1, 0.15) is 5.82 Å². The van der Waals surface area contributed by atoms with Crippen molar-refractivity contribution in [1.29, 1.82) is 0 Å². The van der Waals surface area contributed by atoms with Crippen molar-refractivity contribution < 1.29 is 14.1 Å². The lowest BCUT2D eigenvalue weighted by Gasteiger charge is -2.01. The Hall–Kier alpha value is -2.71. The van der Waals surface area contributed by atoms with E-state index in [1.807, 2.05) is 12.1 Å². The van der Waals surface area contributed by atoms with Crippen molar-refractivity contribution in [2.75, 3.05) is 13.7 Å². The Morgan fingerprint density at radius 3 is 2.80 bits per heavy atom. The Kier molecular flexibility index (Phi) is 5.11. The van der Waals surface area contributed by atoms with Crippen LogP contribution in [0.2, 0.25) is 5.02 Å². The van der Waals surface area contributed by atoms with Crippen LogP contribution >= 0.6 is 11.6 Å². The molecule has 2 aromatic heterocycles. The number of hydrogen-bond donors (Lipinski definition) is 1. The third kappa shape index (κ3) is 4.04. The number of ether oxygens (including phenoxy) is 1. The fraction of sp³-hybridized carbons (Fsp3) is 0.250. The van der Waals surface area contributed by atoms with Gasteiger partial charge in [-0.3, -0.25) is 4.79 Å². The molecule has 0 unspecified atom stereocenters. The van der Waals surface area contributed by atoms with E-state index >= 15 is 0 Å². The number of nitrogens with two attached hydrogens (primary N) is 1. The number of primary amides is 1. The summed E-state index contributed by atoms with van der Waals surface area (Å²) in [4.78, 5) is 15.5. The minimum atomic E-state index is -0.502. The molecule has 0 atom stereocenters. The third-order valence-corrected chi connectivity index (χ3v) is 3.68. The lowest BCUT2D eigenvalue weighted by molar-refractivity contribution is -0.117. The zero-order chi connectivity index (χ0) is 17.8. The third-order valence-electron chi connectivity index (χ3n) is 3.42. The molecule has 25 heavy (non-hydrogen) atoms. The largest absolute Gasteiger partial charge is 0.383 e. The summed E-state index contributed by atoms with van der Waals surface area (Å²) in [6.45, 7) is 0.898. The summed E-state index contributed by atoms with van der Waals surface area (Å²) in [5.74, 6) is 0.883. The molecule has 0 aliphatic carbocycles. The minimum Gasteiger partial charge on any atom is -0.383 e. The first kappa shape index (κ1) is 17.1. The van der Waals surface area contributed by atoms with Gasteiger partial charge in [0.1, 0.15) is 0 Å². The van der Waals surface area contributed by atoms with Crippen LogP contribution in [-0.2, 0) is 22.5 Å². The highest BCUT2D eigenvalue weighted by molar-refractivity contribution is 6.30. The van der Waals surface area contributed by atoms with Gasteiger partial charge in [0, 0.05) is 23.8 Å². The van der Waals surface area contributed by atoms with Crippen molar-refractivity contribution in [3.8, 4) is 22.8 Å². The number of hydrogen-bond acceptors (Lipinski definition) is 6. The average Bonchev–Trinajstić information content (AvgIpc) is 3.20. The van der Waals surface area contributed by atoms with Gasteiger partial charge in [-0.1, -0.05) is 16.8 Å². The fourth-order valence-electron chi connectivity index (χ4n) is 2.27.